The highest BCUT2D eigenvalue weighted by atomic mass is 16.3. The van der Waals surface area contributed by atoms with Gasteiger partial charge in [-0.2, -0.15) is 0 Å². The fourth-order valence-electron chi connectivity index (χ4n) is 6.02. The van der Waals surface area contributed by atoms with Gasteiger partial charge in [-0.15, -0.1) is 0 Å². The largest absolute Gasteiger partial charge is 0.392 e. The lowest BCUT2D eigenvalue weighted by atomic mass is 9.60. The van der Waals surface area contributed by atoms with E-state index in [4.69, 9.17) is 0 Å². The van der Waals surface area contributed by atoms with Crippen LogP contribution in [-0.4, -0.2) is 33.3 Å². The molecular formula is C22H29N3O. The monoisotopic (exact) mass is 351 g/mol. The molecule has 138 valence electrons. The lowest BCUT2D eigenvalue weighted by molar-refractivity contribution is -0.0499. The van der Waals surface area contributed by atoms with Crippen molar-refractivity contribution in [1.29, 1.82) is 0 Å². The van der Waals surface area contributed by atoms with Crippen LogP contribution < -0.4 is 5.32 Å². The van der Waals surface area contributed by atoms with E-state index in [0.717, 1.165) is 31.7 Å². The Labute approximate surface area is 155 Å². The number of rotatable bonds is 4. The third kappa shape index (κ3) is 2.46. The molecule has 26 heavy (non-hydrogen) atoms. The Kier molecular flexibility index (Phi) is 3.94. The van der Waals surface area contributed by atoms with Gasteiger partial charge in [0, 0.05) is 11.6 Å². The van der Waals surface area contributed by atoms with Crippen LogP contribution in [0.2, 0.25) is 0 Å². The molecule has 2 aromatic rings. The number of nitrogens with one attached hydrogen (secondary N) is 1. The molecule has 1 aromatic heterocycles. The molecular weight excluding hydrogens is 322 g/mol. The molecule has 5 unspecified atom stereocenters. The molecule has 0 amide bonds. The lowest BCUT2D eigenvalue weighted by Crippen LogP contribution is -2.52. The first kappa shape index (κ1) is 16.5. The van der Waals surface area contributed by atoms with Crippen molar-refractivity contribution in [3.63, 3.8) is 0 Å². The Morgan fingerprint density at radius 1 is 1.35 bits per heavy atom. The lowest BCUT2D eigenvalue weighted by Gasteiger charge is -2.50. The van der Waals surface area contributed by atoms with Crippen LogP contribution in [0.25, 0.3) is 11.3 Å². The van der Waals surface area contributed by atoms with Crippen molar-refractivity contribution in [2.24, 2.45) is 11.3 Å². The number of hydrogen-bond acceptors (Lipinski definition) is 3. The molecule has 2 N–H and O–H groups in total. The van der Waals surface area contributed by atoms with E-state index in [1.165, 1.54) is 36.1 Å². The van der Waals surface area contributed by atoms with Gasteiger partial charge in [-0.3, -0.25) is 0 Å². The van der Waals surface area contributed by atoms with Gasteiger partial charge in [0.1, 0.15) is 0 Å². The Morgan fingerprint density at radius 3 is 3.08 bits per heavy atom. The Balaban J connectivity index is 1.44. The maximum Gasteiger partial charge on any atom is 0.0956 e. The highest BCUT2D eigenvalue weighted by Gasteiger charge is 2.46. The van der Waals surface area contributed by atoms with Gasteiger partial charge in [0.2, 0.25) is 0 Å². The SMILES string of the molecule is CCC1(C(O)CC2c3ccccc3-c3cncn32)CC2CCNC(C2)C1. The normalized spacial score (nSPS) is 33.5. The fourth-order valence-corrected chi connectivity index (χ4v) is 6.02. The molecule has 2 aliphatic heterocycles. The quantitative estimate of drug-likeness (QED) is 0.882. The molecule has 4 heteroatoms. The summed E-state index contributed by atoms with van der Waals surface area (Å²) in [4.78, 5) is 4.37. The molecule has 2 fully saturated rings. The van der Waals surface area contributed by atoms with Gasteiger partial charge in [0.15, 0.2) is 0 Å². The molecule has 3 heterocycles. The maximum absolute atomic E-state index is 11.5. The first-order valence-corrected chi connectivity index (χ1v) is 10.2. The highest BCUT2D eigenvalue weighted by Crippen LogP contribution is 2.50. The molecule has 3 aliphatic rings. The number of aliphatic hydroxyl groups excluding tert-OH is 1. The van der Waals surface area contributed by atoms with Crippen LogP contribution in [0.3, 0.4) is 0 Å². The van der Waals surface area contributed by atoms with E-state index in [9.17, 15) is 5.11 Å². The smallest absolute Gasteiger partial charge is 0.0956 e. The van der Waals surface area contributed by atoms with Crippen molar-refractivity contribution in [3.05, 3.63) is 42.4 Å². The third-order valence-corrected chi connectivity index (χ3v) is 7.41. The molecule has 4 nitrogen and oxygen atoms in total. The Morgan fingerprint density at radius 2 is 2.23 bits per heavy atom. The van der Waals surface area contributed by atoms with E-state index < -0.39 is 0 Å². The summed E-state index contributed by atoms with van der Waals surface area (Å²) in [7, 11) is 0. The number of fused-ring (bicyclic) bond motifs is 5. The van der Waals surface area contributed by atoms with Gasteiger partial charge in [-0.1, -0.05) is 31.2 Å². The van der Waals surface area contributed by atoms with Crippen LogP contribution in [-0.2, 0) is 0 Å². The summed E-state index contributed by atoms with van der Waals surface area (Å²) < 4.78 is 2.26. The zero-order valence-corrected chi connectivity index (χ0v) is 15.6. The van der Waals surface area contributed by atoms with Gasteiger partial charge in [-0.05, 0) is 62.0 Å². The van der Waals surface area contributed by atoms with Crippen LogP contribution in [0.15, 0.2) is 36.8 Å². The highest BCUT2D eigenvalue weighted by molar-refractivity contribution is 5.68. The third-order valence-electron chi connectivity index (χ3n) is 7.41. The molecule has 0 radical (unpaired) electrons. The van der Waals surface area contributed by atoms with Gasteiger partial charge in [-0.25, -0.2) is 4.98 Å². The summed E-state index contributed by atoms with van der Waals surface area (Å²) in [5.74, 6) is 0.782. The van der Waals surface area contributed by atoms with Crippen molar-refractivity contribution < 1.29 is 5.11 Å². The molecule has 1 saturated carbocycles. The van der Waals surface area contributed by atoms with Crippen molar-refractivity contribution in [3.8, 4) is 11.3 Å². The minimum absolute atomic E-state index is 0.0548. The predicted molar refractivity (Wildman–Crippen MR) is 103 cm³/mol. The number of hydrogen-bond donors (Lipinski definition) is 2. The van der Waals surface area contributed by atoms with Crippen LogP contribution in [0.4, 0.5) is 0 Å². The molecule has 1 aliphatic carbocycles. The second kappa shape index (κ2) is 6.21. The second-order valence-electron chi connectivity index (χ2n) is 8.71. The Hall–Kier alpha value is -1.65. The minimum Gasteiger partial charge on any atom is -0.392 e. The van der Waals surface area contributed by atoms with E-state index in [1.54, 1.807) is 0 Å². The van der Waals surface area contributed by atoms with E-state index in [1.807, 2.05) is 12.5 Å². The molecule has 5 rings (SSSR count). The average Bonchev–Trinajstić information content (AvgIpc) is 3.24. The van der Waals surface area contributed by atoms with E-state index >= 15 is 0 Å². The summed E-state index contributed by atoms with van der Waals surface area (Å²) in [6, 6.07) is 9.41. The molecule has 2 bridgehead atoms. The topological polar surface area (TPSA) is 50.1 Å². The number of nitrogens with zero attached hydrogens (tertiary/aromatic N) is 2. The molecule has 0 spiro atoms. The fraction of sp³-hybridized carbons (Fsp3) is 0.591. The Bertz CT molecular complexity index is 786. The van der Waals surface area contributed by atoms with Crippen LogP contribution in [0.1, 0.15) is 57.1 Å². The second-order valence-corrected chi connectivity index (χ2v) is 8.71. The van der Waals surface area contributed by atoms with E-state index in [2.05, 4.69) is 46.1 Å². The zero-order valence-electron chi connectivity index (χ0n) is 15.6. The molecule has 5 atom stereocenters. The van der Waals surface area contributed by atoms with Crippen LogP contribution in [0, 0.1) is 11.3 Å². The summed E-state index contributed by atoms with van der Waals surface area (Å²) in [6.45, 7) is 3.43. The van der Waals surface area contributed by atoms with Gasteiger partial charge in [0.05, 0.1) is 30.4 Å². The number of piperidine rings is 1. The summed E-state index contributed by atoms with van der Waals surface area (Å²) in [6.07, 6.45) is 10.3. The zero-order chi connectivity index (χ0) is 17.7. The van der Waals surface area contributed by atoms with Gasteiger partial charge in [0.25, 0.3) is 0 Å². The molecule has 1 saturated heterocycles. The first-order chi connectivity index (χ1) is 12.7. The van der Waals surface area contributed by atoms with Crippen molar-refractivity contribution in [2.75, 3.05) is 6.54 Å². The van der Waals surface area contributed by atoms with Crippen molar-refractivity contribution in [1.82, 2.24) is 14.9 Å². The number of aromatic nitrogens is 2. The first-order valence-electron chi connectivity index (χ1n) is 10.2. The number of benzene rings is 1. The van der Waals surface area contributed by atoms with Crippen molar-refractivity contribution in [2.45, 2.75) is 63.6 Å². The van der Waals surface area contributed by atoms with Gasteiger partial charge < -0.3 is 15.0 Å². The minimum atomic E-state index is -0.274. The van der Waals surface area contributed by atoms with Gasteiger partial charge >= 0.3 is 0 Å². The summed E-state index contributed by atoms with van der Waals surface area (Å²) in [5.41, 5.74) is 3.85. The van der Waals surface area contributed by atoms with E-state index in [-0.39, 0.29) is 17.6 Å². The van der Waals surface area contributed by atoms with Crippen molar-refractivity contribution >= 4 is 0 Å². The summed E-state index contributed by atoms with van der Waals surface area (Å²) >= 11 is 0. The average molecular weight is 351 g/mol. The number of aliphatic hydroxyl groups is 1. The standard InChI is InChI=1S/C22H29N3O/c1-2-22(11-15-7-8-24-16(9-15)12-22)21(26)10-19-17-5-3-4-6-18(17)20-13-23-14-25(19)20/h3-6,13-16,19,21,24,26H,2,7-12H2,1H3. The van der Waals surface area contributed by atoms with Crippen LogP contribution in [0.5, 0.6) is 0 Å². The summed E-state index contributed by atoms with van der Waals surface area (Å²) in [5, 5.41) is 15.2. The predicted octanol–water partition coefficient (Wildman–Crippen LogP) is 3.76. The maximum atomic E-state index is 11.5. The van der Waals surface area contributed by atoms with Crippen LogP contribution >= 0.6 is 0 Å². The van der Waals surface area contributed by atoms with E-state index in [0.29, 0.717) is 6.04 Å². The number of imidazole rings is 1. The molecule has 1 aromatic carbocycles.